The number of carboxylic acids is 1. The van der Waals surface area contributed by atoms with E-state index in [2.05, 4.69) is 15.6 Å². The Hall–Kier alpha value is -2.74. The van der Waals surface area contributed by atoms with Gasteiger partial charge in [0.1, 0.15) is 5.69 Å². The van der Waals surface area contributed by atoms with Crippen molar-refractivity contribution in [3.05, 3.63) is 47.0 Å². The maximum absolute atomic E-state index is 11.9. The summed E-state index contributed by atoms with van der Waals surface area (Å²) in [6, 6.07) is 9.28. The second kappa shape index (κ2) is 8.04. The summed E-state index contributed by atoms with van der Waals surface area (Å²) in [6.45, 7) is 0.0292. The first kappa shape index (κ1) is 16.6. The number of anilines is 1. The summed E-state index contributed by atoms with van der Waals surface area (Å²) in [6.07, 6.45) is 0.0666. The van der Waals surface area contributed by atoms with Crippen LogP contribution in [-0.4, -0.2) is 34.4 Å². The molecule has 0 fully saturated rings. The van der Waals surface area contributed by atoms with Gasteiger partial charge in [-0.1, -0.05) is 30.3 Å². The fraction of sp³-hybridized carbons (Fsp3) is 0.200. The van der Waals surface area contributed by atoms with E-state index < -0.39 is 11.9 Å². The molecule has 1 aromatic heterocycles. The van der Waals surface area contributed by atoms with E-state index in [9.17, 15) is 14.4 Å². The number of carbonyl (C=O) groups is 3. The Kier molecular flexibility index (Phi) is 5.81. The molecule has 0 atom stereocenters. The third-order valence-corrected chi connectivity index (χ3v) is 3.57. The molecule has 0 unspecified atom stereocenters. The molecule has 7 nitrogen and oxygen atoms in total. The minimum atomic E-state index is -0.988. The van der Waals surface area contributed by atoms with E-state index in [-0.39, 0.29) is 31.0 Å². The molecule has 0 aliphatic rings. The second-order valence-corrected chi connectivity index (χ2v) is 5.51. The predicted octanol–water partition coefficient (Wildman–Crippen LogP) is 1.53. The zero-order valence-electron chi connectivity index (χ0n) is 12.1. The molecule has 23 heavy (non-hydrogen) atoms. The van der Waals surface area contributed by atoms with E-state index in [1.165, 1.54) is 5.38 Å². The van der Waals surface area contributed by atoms with Crippen molar-refractivity contribution in [1.82, 2.24) is 10.3 Å². The Bertz CT molecular complexity index is 700. The molecule has 0 saturated heterocycles. The van der Waals surface area contributed by atoms with Crippen LogP contribution in [0.1, 0.15) is 22.5 Å². The van der Waals surface area contributed by atoms with E-state index in [0.29, 0.717) is 5.13 Å². The quantitative estimate of drug-likeness (QED) is 0.712. The summed E-state index contributed by atoms with van der Waals surface area (Å²) in [5, 5.41) is 15.4. The normalized spacial score (nSPS) is 10.1. The van der Waals surface area contributed by atoms with E-state index in [4.69, 9.17) is 5.11 Å². The van der Waals surface area contributed by atoms with Gasteiger partial charge in [0.25, 0.3) is 5.91 Å². The van der Waals surface area contributed by atoms with E-state index in [1.807, 2.05) is 30.3 Å². The van der Waals surface area contributed by atoms with E-state index >= 15 is 0 Å². The van der Waals surface area contributed by atoms with Crippen molar-refractivity contribution >= 4 is 34.3 Å². The molecule has 2 amide bonds. The van der Waals surface area contributed by atoms with E-state index in [1.54, 1.807) is 0 Å². The molecular formula is C15H15N3O4S. The molecule has 0 aliphatic carbocycles. The summed E-state index contributed by atoms with van der Waals surface area (Å²) in [5.74, 6) is -1.67. The van der Waals surface area contributed by atoms with Crippen LogP contribution in [0.15, 0.2) is 35.7 Å². The molecule has 0 bridgehead atoms. The molecule has 0 spiro atoms. The Morgan fingerprint density at radius 2 is 1.91 bits per heavy atom. The highest BCUT2D eigenvalue weighted by Crippen LogP contribution is 2.15. The van der Waals surface area contributed by atoms with Gasteiger partial charge in [-0.05, 0) is 5.56 Å². The minimum Gasteiger partial charge on any atom is -0.481 e. The van der Waals surface area contributed by atoms with Crippen LogP contribution in [0, 0.1) is 0 Å². The fourth-order valence-corrected chi connectivity index (χ4v) is 2.46. The fourth-order valence-electron chi connectivity index (χ4n) is 1.75. The van der Waals surface area contributed by atoms with Crippen LogP contribution >= 0.6 is 11.3 Å². The first-order valence-electron chi connectivity index (χ1n) is 6.84. The summed E-state index contributed by atoms with van der Waals surface area (Å²) in [5.41, 5.74) is 1.03. The number of thiazole rings is 1. The van der Waals surface area contributed by atoms with Crippen molar-refractivity contribution < 1.29 is 19.5 Å². The lowest BCUT2D eigenvalue weighted by molar-refractivity contribution is -0.136. The average Bonchev–Trinajstić information content (AvgIpc) is 2.96. The topological polar surface area (TPSA) is 108 Å². The highest BCUT2D eigenvalue weighted by atomic mass is 32.1. The Morgan fingerprint density at radius 3 is 2.61 bits per heavy atom. The average molecular weight is 333 g/mol. The molecule has 8 heteroatoms. The maximum atomic E-state index is 11.9. The maximum Gasteiger partial charge on any atom is 0.305 e. The lowest BCUT2D eigenvalue weighted by Gasteiger charge is -2.02. The van der Waals surface area contributed by atoms with Gasteiger partial charge in [0.15, 0.2) is 5.13 Å². The molecule has 2 rings (SSSR count). The predicted molar refractivity (Wildman–Crippen MR) is 85.5 cm³/mol. The van der Waals surface area contributed by atoms with Gasteiger partial charge in [0.2, 0.25) is 5.91 Å². The molecule has 0 saturated carbocycles. The van der Waals surface area contributed by atoms with E-state index in [0.717, 1.165) is 16.9 Å². The number of carboxylic acid groups (broad SMARTS) is 1. The lowest BCUT2D eigenvalue weighted by Crippen LogP contribution is -2.26. The number of hydrogen-bond donors (Lipinski definition) is 3. The van der Waals surface area contributed by atoms with Crippen molar-refractivity contribution in [3.63, 3.8) is 0 Å². The standard InChI is InChI=1S/C15H15N3O4S/c19-12(8-10-4-2-1-3-5-10)18-15-17-11(9-23-15)14(22)16-7-6-13(20)21/h1-5,9H,6-8H2,(H,16,22)(H,20,21)(H,17,18,19). The number of rotatable bonds is 7. The Balaban J connectivity index is 1.85. The van der Waals surface area contributed by atoms with Gasteiger partial charge in [0, 0.05) is 11.9 Å². The van der Waals surface area contributed by atoms with Gasteiger partial charge in [-0.15, -0.1) is 11.3 Å². The zero-order chi connectivity index (χ0) is 16.7. The van der Waals surface area contributed by atoms with Gasteiger partial charge in [-0.3, -0.25) is 14.4 Å². The summed E-state index contributed by atoms with van der Waals surface area (Å²) >= 11 is 1.14. The molecule has 120 valence electrons. The zero-order valence-corrected chi connectivity index (χ0v) is 12.9. The molecule has 1 heterocycles. The van der Waals surface area contributed by atoms with Crippen molar-refractivity contribution in [2.75, 3.05) is 11.9 Å². The van der Waals surface area contributed by atoms with Crippen molar-refractivity contribution in [3.8, 4) is 0 Å². The summed E-state index contributed by atoms with van der Waals surface area (Å²) < 4.78 is 0. The van der Waals surface area contributed by atoms with Crippen LogP contribution < -0.4 is 10.6 Å². The van der Waals surface area contributed by atoms with Crippen LogP contribution in [0.2, 0.25) is 0 Å². The minimum absolute atomic E-state index is 0.0292. The van der Waals surface area contributed by atoms with Crippen LogP contribution in [0.25, 0.3) is 0 Å². The first-order chi connectivity index (χ1) is 11.0. The number of nitrogens with one attached hydrogen (secondary N) is 2. The Morgan fingerprint density at radius 1 is 1.17 bits per heavy atom. The van der Waals surface area contributed by atoms with Crippen molar-refractivity contribution in [2.45, 2.75) is 12.8 Å². The molecule has 0 aliphatic heterocycles. The highest BCUT2D eigenvalue weighted by Gasteiger charge is 2.12. The number of aliphatic carboxylic acids is 1. The third kappa shape index (κ3) is 5.51. The molecule has 1 aromatic carbocycles. The number of benzene rings is 1. The van der Waals surface area contributed by atoms with Gasteiger partial charge < -0.3 is 15.7 Å². The number of aromatic nitrogens is 1. The molecular weight excluding hydrogens is 318 g/mol. The summed E-state index contributed by atoms with van der Waals surface area (Å²) in [7, 11) is 0. The van der Waals surface area contributed by atoms with Gasteiger partial charge in [0.05, 0.1) is 12.8 Å². The number of hydrogen-bond acceptors (Lipinski definition) is 5. The molecule has 2 aromatic rings. The van der Waals surface area contributed by atoms with Gasteiger partial charge in [-0.25, -0.2) is 4.98 Å². The summed E-state index contributed by atoms with van der Waals surface area (Å²) in [4.78, 5) is 38.0. The van der Waals surface area contributed by atoms with Crippen LogP contribution in [0.5, 0.6) is 0 Å². The monoisotopic (exact) mass is 333 g/mol. The number of carbonyl (C=O) groups excluding carboxylic acids is 2. The molecule has 0 radical (unpaired) electrons. The largest absolute Gasteiger partial charge is 0.481 e. The second-order valence-electron chi connectivity index (χ2n) is 4.65. The SMILES string of the molecule is O=C(O)CCNC(=O)c1csc(NC(=O)Cc2ccccc2)n1. The smallest absolute Gasteiger partial charge is 0.305 e. The van der Waals surface area contributed by atoms with Crippen LogP contribution in [-0.2, 0) is 16.0 Å². The van der Waals surface area contributed by atoms with Gasteiger partial charge >= 0.3 is 5.97 Å². The first-order valence-corrected chi connectivity index (χ1v) is 7.72. The van der Waals surface area contributed by atoms with Gasteiger partial charge in [-0.2, -0.15) is 0 Å². The Labute approximate surface area is 136 Å². The third-order valence-electron chi connectivity index (χ3n) is 2.82. The van der Waals surface area contributed by atoms with Crippen molar-refractivity contribution in [2.24, 2.45) is 0 Å². The number of amides is 2. The highest BCUT2D eigenvalue weighted by molar-refractivity contribution is 7.14. The van der Waals surface area contributed by atoms with Crippen LogP contribution in [0.4, 0.5) is 5.13 Å². The lowest BCUT2D eigenvalue weighted by atomic mass is 10.1. The molecule has 3 N–H and O–H groups in total. The number of nitrogens with zero attached hydrogens (tertiary/aromatic N) is 1. The van der Waals surface area contributed by atoms with Crippen LogP contribution in [0.3, 0.4) is 0 Å². The van der Waals surface area contributed by atoms with Crippen molar-refractivity contribution in [1.29, 1.82) is 0 Å².